The number of rotatable bonds is 10. The normalized spacial score (nSPS) is 20.7. The summed E-state index contributed by atoms with van der Waals surface area (Å²) in [6.07, 6.45) is 4.11. The van der Waals surface area contributed by atoms with Crippen molar-refractivity contribution in [2.24, 2.45) is 11.8 Å². The van der Waals surface area contributed by atoms with E-state index in [2.05, 4.69) is 16.1 Å². The molecule has 1 aliphatic rings. The molecule has 5 atom stereocenters. The Morgan fingerprint density at radius 3 is 2.29 bits per heavy atom. The summed E-state index contributed by atoms with van der Waals surface area (Å²) in [5.41, 5.74) is 2.68. The van der Waals surface area contributed by atoms with E-state index in [1.807, 2.05) is 6.92 Å². The average Bonchev–Trinajstić information content (AvgIpc) is 2.74. The molecule has 10 nitrogen and oxygen atoms in total. The van der Waals surface area contributed by atoms with Crippen LogP contribution in [0.1, 0.15) is 47.5 Å². The van der Waals surface area contributed by atoms with E-state index >= 15 is 0 Å². The molecule has 0 unspecified atom stereocenters. The van der Waals surface area contributed by atoms with Gasteiger partial charge >= 0.3 is 5.97 Å². The average molecular weight is 441 g/mol. The van der Waals surface area contributed by atoms with Crippen molar-refractivity contribution < 1.29 is 29.0 Å². The molecule has 0 saturated carbocycles. The van der Waals surface area contributed by atoms with Crippen LogP contribution in [0.25, 0.3) is 0 Å². The number of allylic oxidation sites excluding steroid dienone is 1. The van der Waals surface area contributed by atoms with E-state index in [-0.39, 0.29) is 11.8 Å². The number of methoxy groups -OCH3 is 1. The minimum absolute atomic E-state index is 0.217. The SMILES string of the molecule is C/C=C/[C@@H](OC)[C@@H](C)C(=O)N[C@H](C(=O)N[C@@H](C)C(=O)N1CCC[C@@H](C(=O)O)N1)C(C)C. The molecule has 1 aliphatic heterocycles. The first-order valence-electron chi connectivity index (χ1n) is 10.6. The number of amides is 3. The smallest absolute Gasteiger partial charge is 0.322 e. The van der Waals surface area contributed by atoms with Gasteiger partial charge in [0.25, 0.3) is 5.91 Å². The molecule has 0 aromatic rings. The highest BCUT2D eigenvalue weighted by atomic mass is 16.5. The minimum Gasteiger partial charge on any atom is -0.480 e. The first kappa shape index (κ1) is 26.6. The van der Waals surface area contributed by atoms with E-state index < -0.39 is 47.9 Å². The van der Waals surface area contributed by atoms with Gasteiger partial charge in [0.1, 0.15) is 18.1 Å². The van der Waals surface area contributed by atoms with Crippen LogP contribution in [0.3, 0.4) is 0 Å². The highest BCUT2D eigenvalue weighted by Crippen LogP contribution is 2.12. The van der Waals surface area contributed by atoms with Crippen LogP contribution in [-0.2, 0) is 23.9 Å². The van der Waals surface area contributed by atoms with Crippen LogP contribution in [0.2, 0.25) is 0 Å². The molecule has 1 saturated heterocycles. The van der Waals surface area contributed by atoms with Crippen molar-refractivity contribution in [3.63, 3.8) is 0 Å². The number of hydrogen-bond donors (Lipinski definition) is 4. The zero-order valence-electron chi connectivity index (χ0n) is 19.2. The second kappa shape index (κ2) is 12.4. The van der Waals surface area contributed by atoms with E-state index in [1.165, 1.54) is 19.0 Å². The van der Waals surface area contributed by atoms with Crippen molar-refractivity contribution in [1.82, 2.24) is 21.1 Å². The fourth-order valence-electron chi connectivity index (χ4n) is 3.33. The Kier molecular flexibility index (Phi) is 10.6. The van der Waals surface area contributed by atoms with Crippen molar-refractivity contribution in [1.29, 1.82) is 0 Å². The van der Waals surface area contributed by atoms with E-state index in [1.54, 1.807) is 32.9 Å². The Hall–Kier alpha value is -2.46. The van der Waals surface area contributed by atoms with Crippen LogP contribution in [0.15, 0.2) is 12.2 Å². The monoisotopic (exact) mass is 440 g/mol. The zero-order chi connectivity index (χ0) is 23.7. The summed E-state index contributed by atoms with van der Waals surface area (Å²) in [6, 6.07) is -2.57. The predicted octanol–water partition coefficient (Wildman–Crippen LogP) is 0.439. The highest BCUT2D eigenvalue weighted by molar-refractivity contribution is 5.92. The van der Waals surface area contributed by atoms with Gasteiger partial charge in [-0.1, -0.05) is 32.9 Å². The van der Waals surface area contributed by atoms with Crippen LogP contribution >= 0.6 is 0 Å². The van der Waals surface area contributed by atoms with E-state index in [0.717, 1.165) is 0 Å². The number of carbonyl (C=O) groups is 4. The van der Waals surface area contributed by atoms with E-state index in [9.17, 15) is 19.2 Å². The number of hydrogen-bond acceptors (Lipinski definition) is 6. The molecule has 0 radical (unpaired) electrons. The minimum atomic E-state index is -1.03. The molecular formula is C21H36N4O6. The second-order valence-electron chi connectivity index (χ2n) is 8.13. The molecule has 0 bridgehead atoms. The number of carbonyl (C=O) groups excluding carboxylic acids is 3. The Morgan fingerprint density at radius 1 is 1.13 bits per heavy atom. The Morgan fingerprint density at radius 2 is 1.77 bits per heavy atom. The lowest BCUT2D eigenvalue weighted by Crippen LogP contribution is -2.61. The molecular weight excluding hydrogens is 404 g/mol. The van der Waals surface area contributed by atoms with Crippen molar-refractivity contribution in [3.05, 3.63) is 12.2 Å². The quantitative estimate of drug-likeness (QED) is 0.362. The Balaban J connectivity index is 2.77. The van der Waals surface area contributed by atoms with Gasteiger partial charge in [0.05, 0.1) is 12.0 Å². The maximum Gasteiger partial charge on any atom is 0.322 e. The van der Waals surface area contributed by atoms with Crippen molar-refractivity contribution in [2.45, 2.75) is 71.7 Å². The zero-order valence-corrected chi connectivity index (χ0v) is 19.2. The molecule has 1 rings (SSSR count). The standard InChI is InChI=1S/C21H36N4O6/c1-7-9-16(31-6)13(4)18(26)23-17(12(2)3)19(27)22-14(5)20(28)25-11-8-10-15(24-25)21(29)30/h7,9,12-17,24H,8,10-11H2,1-6H3,(H,22,27)(H,23,26)(H,29,30)/b9-7+/t13-,14+,15+,16-,17+/m1/s1. The lowest BCUT2D eigenvalue weighted by molar-refractivity contribution is -0.148. The topological polar surface area (TPSA) is 137 Å². The molecule has 1 heterocycles. The van der Waals surface area contributed by atoms with Gasteiger partial charge in [0, 0.05) is 13.7 Å². The molecule has 0 aromatic heterocycles. The van der Waals surface area contributed by atoms with Gasteiger partial charge in [-0.3, -0.25) is 24.2 Å². The van der Waals surface area contributed by atoms with Gasteiger partial charge in [-0.2, -0.15) is 0 Å². The van der Waals surface area contributed by atoms with E-state index in [4.69, 9.17) is 9.84 Å². The van der Waals surface area contributed by atoms with Crippen molar-refractivity contribution >= 4 is 23.7 Å². The van der Waals surface area contributed by atoms with E-state index in [0.29, 0.717) is 19.4 Å². The molecule has 3 amide bonds. The van der Waals surface area contributed by atoms with Crippen LogP contribution in [0.5, 0.6) is 0 Å². The molecule has 31 heavy (non-hydrogen) atoms. The van der Waals surface area contributed by atoms with Crippen LogP contribution in [0, 0.1) is 11.8 Å². The van der Waals surface area contributed by atoms with Crippen LogP contribution in [0.4, 0.5) is 0 Å². The summed E-state index contributed by atoms with van der Waals surface area (Å²) in [5.74, 6) is -3.01. The summed E-state index contributed by atoms with van der Waals surface area (Å²) < 4.78 is 5.32. The number of aliphatic carboxylic acids is 1. The summed E-state index contributed by atoms with van der Waals surface area (Å²) in [5, 5.41) is 15.8. The van der Waals surface area contributed by atoms with Gasteiger partial charge in [-0.05, 0) is 32.6 Å². The molecule has 0 aromatic carbocycles. The third kappa shape index (κ3) is 7.62. The third-order valence-electron chi connectivity index (χ3n) is 5.29. The summed E-state index contributed by atoms with van der Waals surface area (Å²) >= 11 is 0. The first-order valence-corrected chi connectivity index (χ1v) is 10.6. The van der Waals surface area contributed by atoms with Crippen molar-refractivity contribution in [3.8, 4) is 0 Å². The Bertz CT molecular complexity index is 681. The lowest BCUT2D eigenvalue weighted by atomic mass is 9.99. The number of carboxylic acid groups (broad SMARTS) is 1. The Labute approximate surface area is 183 Å². The number of nitrogens with one attached hydrogen (secondary N) is 3. The molecule has 4 N–H and O–H groups in total. The summed E-state index contributed by atoms with van der Waals surface area (Å²) in [4.78, 5) is 49.3. The number of carboxylic acids is 1. The molecule has 0 aliphatic carbocycles. The summed E-state index contributed by atoms with van der Waals surface area (Å²) in [7, 11) is 1.51. The maximum atomic E-state index is 12.8. The molecule has 176 valence electrons. The number of ether oxygens (including phenoxy) is 1. The van der Waals surface area contributed by atoms with Gasteiger partial charge < -0.3 is 20.5 Å². The van der Waals surface area contributed by atoms with Gasteiger partial charge in [-0.25, -0.2) is 5.43 Å². The second-order valence-corrected chi connectivity index (χ2v) is 8.13. The number of nitrogens with zero attached hydrogens (tertiary/aromatic N) is 1. The van der Waals surface area contributed by atoms with Crippen molar-refractivity contribution in [2.75, 3.05) is 13.7 Å². The third-order valence-corrected chi connectivity index (χ3v) is 5.29. The molecule has 0 spiro atoms. The highest BCUT2D eigenvalue weighted by Gasteiger charge is 2.33. The summed E-state index contributed by atoms with van der Waals surface area (Å²) in [6.45, 7) is 9.02. The van der Waals surface area contributed by atoms with Crippen LogP contribution in [-0.4, -0.2) is 71.7 Å². The van der Waals surface area contributed by atoms with Gasteiger partial charge in [0.2, 0.25) is 11.8 Å². The molecule has 10 heteroatoms. The maximum absolute atomic E-state index is 12.8. The van der Waals surface area contributed by atoms with Crippen LogP contribution < -0.4 is 16.1 Å². The first-order chi connectivity index (χ1) is 14.5. The fraction of sp³-hybridized carbons (Fsp3) is 0.714. The fourth-order valence-corrected chi connectivity index (χ4v) is 3.33. The predicted molar refractivity (Wildman–Crippen MR) is 115 cm³/mol. The lowest BCUT2D eigenvalue weighted by Gasteiger charge is -2.34. The van der Waals surface area contributed by atoms with Gasteiger partial charge in [0.15, 0.2) is 0 Å². The number of hydrazine groups is 1. The largest absolute Gasteiger partial charge is 0.480 e. The van der Waals surface area contributed by atoms with Gasteiger partial charge in [-0.15, -0.1) is 0 Å². The molecule has 1 fully saturated rings.